The molecule has 91 heavy (non-hydrogen) atoms. The van der Waals surface area contributed by atoms with Crippen LogP contribution in [0.4, 0.5) is 34.1 Å². The van der Waals surface area contributed by atoms with Crippen LogP contribution in [-0.4, -0.2) is 6.71 Å². The third kappa shape index (κ3) is 6.81. The molecule has 0 spiro atoms. The normalized spacial score (nSPS) is 13.4. The fraction of sp³-hybridized carbons (Fsp3) is 0.0488. The fourth-order valence-electron chi connectivity index (χ4n) is 15.8. The van der Waals surface area contributed by atoms with Crippen LogP contribution in [0.3, 0.4) is 0 Å². The van der Waals surface area contributed by atoms with Crippen LogP contribution in [0.25, 0.3) is 150 Å². The van der Waals surface area contributed by atoms with Crippen molar-refractivity contribution in [2.45, 2.75) is 26.2 Å². The van der Waals surface area contributed by atoms with Gasteiger partial charge in [-0.25, -0.2) is 0 Å². The predicted molar refractivity (Wildman–Crippen MR) is 385 cm³/mol. The molecule has 0 N–H and O–H groups in total. The van der Waals surface area contributed by atoms with E-state index >= 15 is 0 Å². The Hall–Kier alpha value is -10.8. The quantitative estimate of drug-likeness (QED) is 0.164. The Bertz CT molecular complexity index is 6060. The summed E-state index contributed by atoms with van der Waals surface area (Å²) >= 11 is 3.85. The third-order valence-electron chi connectivity index (χ3n) is 19.8. The van der Waals surface area contributed by atoms with Gasteiger partial charge in [0.2, 0.25) is 0 Å². The third-order valence-corrected chi connectivity index (χ3v) is 22.2. The SMILES string of the molecule is CC(C)(C)c1cc2c3c(c1)N(c1cccc4oc5ccccc5c14)c1cc(-c4ccc5oc6ccccc6c5c4)c4c(sc5ccccc54)c1B3c1c(cc(-c3ccc4oc5ccccc5c4c3)c3c1sc1ccccc13)N2c1cccc2oc3ccccc3c12. The van der Waals surface area contributed by atoms with Crippen LogP contribution < -0.4 is 26.2 Å². The highest BCUT2D eigenvalue weighted by molar-refractivity contribution is 7.30. The zero-order valence-electron chi connectivity index (χ0n) is 49.5. The molecule has 2 aliphatic rings. The first-order chi connectivity index (χ1) is 44.8. The average molecular weight is 1200 g/mol. The summed E-state index contributed by atoms with van der Waals surface area (Å²) in [6.07, 6.45) is 0. The lowest BCUT2D eigenvalue weighted by Crippen LogP contribution is -2.61. The maximum atomic E-state index is 6.89. The van der Waals surface area contributed by atoms with Gasteiger partial charge in [0, 0.05) is 95.4 Å². The summed E-state index contributed by atoms with van der Waals surface area (Å²) in [6.45, 7) is 6.81. The van der Waals surface area contributed by atoms with Gasteiger partial charge in [-0.1, -0.05) is 154 Å². The second-order valence-corrected chi connectivity index (χ2v) is 27.8. The molecule has 8 heterocycles. The molecule has 6 aromatic heterocycles. The number of hydrogen-bond acceptors (Lipinski definition) is 8. The first-order valence-electron chi connectivity index (χ1n) is 31.1. The molecule has 2 aliphatic heterocycles. The molecule has 0 radical (unpaired) electrons. The second kappa shape index (κ2) is 17.9. The molecule has 0 fully saturated rings. The van der Waals surface area contributed by atoms with Crippen molar-refractivity contribution in [2.75, 3.05) is 9.80 Å². The summed E-state index contributed by atoms with van der Waals surface area (Å²) in [5.41, 5.74) is 22.9. The van der Waals surface area contributed by atoms with Crippen molar-refractivity contribution < 1.29 is 17.7 Å². The Morgan fingerprint density at radius 2 is 0.659 bits per heavy atom. The smallest absolute Gasteiger partial charge is 0.255 e. The van der Waals surface area contributed by atoms with Crippen LogP contribution in [0.2, 0.25) is 0 Å². The van der Waals surface area contributed by atoms with E-state index in [2.05, 4.69) is 273 Å². The molecule has 19 aromatic rings. The van der Waals surface area contributed by atoms with Gasteiger partial charge in [0.15, 0.2) is 0 Å². The van der Waals surface area contributed by atoms with E-state index in [0.717, 1.165) is 133 Å². The zero-order valence-corrected chi connectivity index (χ0v) is 51.1. The van der Waals surface area contributed by atoms with E-state index in [-0.39, 0.29) is 12.1 Å². The molecule has 0 atom stereocenters. The maximum Gasteiger partial charge on any atom is 0.255 e. The molecule has 21 rings (SSSR count). The Balaban J connectivity index is 0.977. The Kier molecular flexibility index (Phi) is 9.88. The van der Waals surface area contributed by atoms with E-state index in [9.17, 15) is 0 Å². The van der Waals surface area contributed by atoms with Crippen LogP contribution in [0.1, 0.15) is 26.3 Å². The first kappa shape index (κ1) is 50.1. The lowest BCUT2D eigenvalue weighted by atomic mass is 9.33. The molecule has 6 nitrogen and oxygen atoms in total. The van der Waals surface area contributed by atoms with Crippen LogP contribution in [-0.2, 0) is 5.41 Å². The van der Waals surface area contributed by atoms with Gasteiger partial charge >= 0.3 is 0 Å². The number of nitrogens with zero attached hydrogens (tertiary/aromatic N) is 2. The van der Waals surface area contributed by atoms with Gasteiger partial charge in [0.25, 0.3) is 6.71 Å². The van der Waals surface area contributed by atoms with Gasteiger partial charge in [0.05, 0.1) is 22.1 Å². The van der Waals surface area contributed by atoms with E-state index in [1.165, 1.54) is 73.4 Å². The Morgan fingerprint density at radius 1 is 0.297 bits per heavy atom. The summed E-state index contributed by atoms with van der Waals surface area (Å²) in [6, 6.07) is 89.2. The highest BCUT2D eigenvalue weighted by Gasteiger charge is 2.48. The molecular weight excluding hydrogens is 1150 g/mol. The highest BCUT2D eigenvalue weighted by atomic mass is 32.1. The second-order valence-electron chi connectivity index (χ2n) is 25.7. The number of fused-ring (bicyclic) bond motifs is 24. The zero-order chi connectivity index (χ0) is 59.7. The maximum absolute atomic E-state index is 6.89. The van der Waals surface area contributed by atoms with E-state index in [1.54, 1.807) is 0 Å². The number of anilines is 6. The predicted octanol–water partition coefficient (Wildman–Crippen LogP) is 22.7. The highest BCUT2D eigenvalue weighted by Crippen LogP contribution is 2.56. The Labute approximate surface area is 528 Å². The van der Waals surface area contributed by atoms with E-state index < -0.39 is 0 Å². The number of thiophene rings is 2. The van der Waals surface area contributed by atoms with Crippen molar-refractivity contribution in [3.8, 4) is 22.3 Å². The van der Waals surface area contributed by atoms with Crippen molar-refractivity contribution in [2.24, 2.45) is 0 Å². The molecule has 0 saturated heterocycles. The van der Waals surface area contributed by atoms with E-state index in [1.807, 2.05) is 22.7 Å². The first-order valence-corrected chi connectivity index (χ1v) is 32.8. The summed E-state index contributed by atoms with van der Waals surface area (Å²) < 4.78 is 31.9. The minimum atomic E-state index is -0.297. The molecule has 0 aliphatic carbocycles. The molecule has 0 bridgehead atoms. The average Bonchev–Trinajstić information content (AvgIpc) is 1.64. The lowest BCUT2D eigenvalue weighted by molar-refractivity contribution is 0.590. The summed E-state index contributed by atoms with van der Waals surface area (Å²) in [5.74, 6) is 0. The van der Waals surface area contributed by atoms with Crippen molar-refractivity contribution in [3.05, 3.63) is 248 Å². The van der Waals surface area contributed by atoms with Gasteiger partial charge in [-0.3, -0.25) is 0 Å². The summed E-state index contributed by atoms with van der Waals surface area (Å²) in [4.78, 5) is 5.28. The topological polar surface area (TPSA) is 59.0 Å². The van der Waals surface area contributed by atoms with Crippen LogP contribution in [0.15, 0.2) is 260 Å². The van der Waals surface area contributed by atoms with Gasteiger partial charge in [-0.2, -0.15) is 0 Å². The molecule has 0 amide bonds. The molecule has 426 valence electrons. The monoisotopic (exact) mass is 1200 g/mol. The van der Waals surface area contributed by atoms with Crippen molar-refractivity contribution >= 4 is 208 Å². The van der Waals surface area contributed by atoms with Gasteiger partial charge in [-0.15, -0.1) is 22.7 Å². The fourth-order valence-corrected chi connectivity index (χ4v) is 18.4. The van der Waals surface area contributed by atoms with E-state index in [4.69, 9.17) is 17.7 Å². The lowest BCUT2D eigenvalue weighted by Gasteiger charge is -2.46. The van der Waals surface area contributed by atoms with Gasteiger partial charge in [-0.05, 0) is 159 Å². The standard InChI is InChI=1S/C82H49BN2O4S2/c1-82(2,3)46-40-59-77-60(41-46)85(58-25-17-31-70-76(58)50-21-7-13-29-66(50)89-70)62-43-54(45-35-37-68-56(39-45)48-19-5-11-27-64(48)87-68)74-52-23-9-15-33-72(52)91-81(74)79(62)83(77)78-61(84(59)57-24-16-30-69-75(57)49-20-6-12-28-65(49)88-69)42-53(73-51-22-8-14-32-71(51)90-80(73)78)44-34-36-67-55(38-44)47-18-4-10-26-63(47)86-67/h4-43H,1-3H3. The summed E-state index contributed by atoms with van der Waals surface area (Å²) in [7, 11) is 0. The number of para-hydroxylation sites is 4. The van der Waals surface area contributed by atoms with Crippen LogP contribution in [0, 0.1) is 0 Å². The number of furan rings is 4. The van der Waals surface area contributed by atoms with E-state index in [0.29, 0.717) is 0 Å². The van der Waals surface area contributed by atoms with Gasteiger partial charge in [0.1, 0.15) is 44.7 Å². The minimum absolute atomic E-state index is 0.271. The minimum Gasteiger partial charge on any atom is -0.456 e. The van der Waals surface area contributed by atoms with Crippen LogP contribution >= 0.6 is 22.7 Å². The molecule has 0 saturated carbocycles. The van der Waals surface area contributed by atoms with Crippen molar-refractivity contribution in [1.29, 1.82) is 0 Å². The number of benzene rings is 13. The van der Waals surface area contributed by atoms with Crippen molar-refractivity contribution in [1.82, 2.24) is 0 Å². The van der Waals surface area contributed by atoms with Crippen molar-refractivity contribution in [3.63, 3.8) is 0 Å². The van der Waals surface area contributed by atoms with Gasteiger partial charge < -0.3 is 27.5 Å². The number of rotatable bonds is 4. The Morgan fingerprint density at radius 3 is 1.11 bits per heavy atom. The number of hydrogen-bond donors (Lipinski definition) is 0. The van der Waals surface area contributed by atoms with Crippen LogP contribution in [0.5, 0.6) is 0 Å². The largest absolute Gasteiger partial charge is 0.456 e. The molecule has 13 aromatic carbocycles. The molecule has 0 unspecified atom stereocenters. The molecular formula is C82H49BN2O4S2. The summed E-state index contributed by atoms with van der Waals surface area (Å²) in [5, 5.41) is 13.7. The molecule has 9 heteroatoms.